The standard InChI is InChI=1S/C8H10O4/c1-4-2-3-5(8(11)12)7(10)6(4)9/h2-3,6-7,9-10H,1H3,(H,11,12)/t6-,7-/m1/s1. The van der Waals surface area contributed by atoms with Crippen molar-refractivity contribution in [2.24, 2.45) is 0 Å². The number of carbonyl (C=O) groups is 1. The third kappa shape index (κ3) is 1.39. The molecule has 0 radical (unpaired) electrons. The second-order valence-electron chi connectivity index (χ2n) is 2.73. The van der Waals surface area contributed by atoms with Crippen molar-refractivity contribution in [2.45, 2.75) is 19.1 Å². The Morgan fingerprint density at radius 3 is 2.42 bits per heavy atom. The second-order valence-corrected chi connectivity index (χ2v) is 2.73. The first-order valence-electron chi connectivity index (χ1n) is 3.52. The number of allylic oxidation sites excluding steroid dienone is 2. The summed E-state index contributed by atoms with van der Waals surface area (Å²) in [5.41, 5.74) is 0.389. The number of aliphatic hydroxyl groups excluding tert-OH is 2. The van der Waals surface area contributed by atoms with E-state index < -0.39 is 18.2 Å². The Bertz CT molecular complexity index is 264. The summed E-state index contributed by atoms with van der Waals surface area (Å²) in [6, 6.07) is 0. The van der Waals surface area contributed by atoms with Gasteiger partial charge in [-0.2, -0.15) is 0 Å². The predicted octanol–water partition coefficient (Wildman–Crippen LogP) is -0.321. The third-order valence-corrected chi connectivity index (χ3v) is 1.86. The maximum atomic E-state index is 10.4. The van der Waals surface area contributed by atoms with E-state index in [1.165, 1.54) is 12.2 Å². The molecule has 12 heavy (non-hydrogen) atoms. The molecule has 1 aliphatic carbocycles. The van der Waals surface area contributed by atoms with Crippen LogP contribution in [0.15, 0.2) is 23.3 Å². The van der Waals surface area contributed by atoms with Crippen LogP contribution in [0.25, 0.3) is 0 Å². The quantitative estimate of drug-likeness (QED) is 0.504. The van der Waals surface area contributed by atoms with Gasteiger partial charge in [0.05, 0.1) is 5.57 Å². The Morgan fingerprint density at radius 1 is 1.33 bits per heavy atom. The van der Waals surface area contributed by atoms with Gasteiger partial charge in [-0.25, -0.2) is 4.79 Å². The fourth-order valence-electron chi connectivity index (χ4n) is 1.04. The number of carboxylic acids is 1. The molecule has 0 unspecified atom stereocenters. The van der Waals surface area contributed by atoms with Crippen molar-refractivity contribution >= 4 is 5.97 Å². The average molecular weight is 170 g/mol. The van der Waals surface area contributed by atoms with Gasteiger partial charge in [0.2, 0.25) is 0 Å². The Labute approximate surface area is 69.5 Å². The Hall–Kier alpha value is -1.13. The van der Waals surface area contributed by atoms with Crippen LogP contribution < -0.4 is 0 Å². The molecular weight excluding hydrogens is 160 g/mol. The van der Waals surface area contributed by atoms with Crippen LogP contribution >= 0.6 is 0 Å². The molecule has 1 aliphatic rings. The van der Waals surface area contributed by atoms with Crippen molar-refractivity contribution in [3.05, 3.63) is 23.3 Å². The van der Waals surface area contributed by atoms with Crippen LogP contribution in [0.1, 0.15) is 6.92 Å². The van der Waals surface area contributed by atoms with Gasteiger partial charge < -0.3 is 15.3 Å². The summed E-state index contributed by atoms with van der Waals surface area (Å²) in [5.74, 6) is -1.20. The van der Waals surface area contributed by atoms with Crippen molar-refractivity contribution in [3.8, 4) is 0 Å². The van der Waals surface area contributed by atoms with Gasteiger partial charge in [0, 0.05) is 0 Å². The first-order valence-corrected chi connectivity index (χ1v) is 3.52. The van der Waals surface area contributed by atoms with Gasteiger partial charge in [0.15, 0.2) is 0 Å². The predicted molar refractivity (Wildman–Crippen MR) is 41.5 cm³/mol. The molecule has 0 aromatic rings. The van der Waals surface area contributed by atoms with Crippen LogP contribution in [0, 0.1) is 0 Å². The molecule has 0 aliphatic heterocycles. The SMILES string of the molecule is CC1=CC=C(C(=O)O)[C@@H](O)[C@@H]1O. The highest BCUT2D eigenvalue weighted by Gasteiger charge is 2.28. The molecule has 0 saturated carbocycles. The van der Waals surface area contributed by atoms with Crippen LogP contribution in [0.4, 0.5) is 0 Å². The lowest BCUT2D eigenvalue weighted by Crippen LogP contribution is -2.33. The number of rotatable bonds is 1. The lowest BCUT2D eigenvalue weighted by molar-refractivity contribution is -0.134. The minimum atomic E-state index is -1.31. The Morgan fingerprint density at radius 2 is 1.92 bits per heavy atom. The van der Waals surface area contributed by atoms with Crippen molar-refractivity contribution in [1.29, 1.82) is 0 Å². The number of aliphatic hydroxyl groups is 2. The molecule has 0 spiro atoms. The monoisotopic (exact) mass is 170 g/mol. The molecule has 1 rings (SSSR count). The topological polar surface area (TPSA) is 77.8 Å². The van der Waals surface area contributed by atoms with Gasteiger partial charge in [-0.3, -0.25) is 0 Å². The first-order chi connectivity index (χ1) is 5.54. The molecule has 0 fully saturated rings. The van der Waals surface area contributed by atoms with Gasteiger partial charge in [-0.1, -0.05) is 6.08 Å². The maximum absolute atomic E-state index is 10.4. The molecule has 2 atom stereocenters. The van der Waals surface area contributed by atoms with Crippen molar-refractivity contribution in [2.75, 3.05) is 0 Å². The number of hydrogen-bond acceptors (Lipinski definition) is 3. The fraction of sp³-hybridized carbons (Fsp3) is 0.375. The zero-order chi connectivity index (χ0) is 9.30. The summed E-state index contributed by atoms with van der Waals surface area (Å²) in [5, 5.41) is 27.0. The molecule has 66 valence electrons. The van der Waals surface area contributed by atoms with E-state index in [0.717, 1.165) is 0 Å². The van der Waals surface area contributed by atoms with E-state index in [2.05, 4.69) is 0 Å². The molecule has 3 N–H and O–H groups in total. The van der Waals surface area contributed by atoms with Crippen LogP contribution in [0.2, 0.25) is 0 Å². The van der Waals surface area contributed by atoms with E-state index in [-0.39, 0.29) is 5.57 Å². The van der Waals surface area contributed by atoms with Gasteiger partial charge in [0.25, 0.3) is 0 Å². The van der Waals surface area contributed by atoms with E-state index in [1.807, 2.05) is 0 Å². The van der Waals surface area contributed by atoms with Crippen molar-refractivity contribution in [1.82, 2.24) is 0 Å². The minimum Gasteiger partial charge on any atom is -0.478 e. The lowest BCUT2D eigenvalue weighted by atomic mass is 9.94. The van der Waals surface area contributed by atoms with Crippen LogP contribution in [-0.4, -0.2) is 33.5 Å². The second kappa shape index (κ2) is 3.08. The van der Waals surface area contributed by atoms with Gasteiger partial charge in [-0.15, -0.1) is 0 Å². The zero-order valence-electron chi connectivity index (χ0n) is 6.56. The summed E-state index contributed by atoms with van der Waals surface area (Å²) in [7, 11) is 0. The van der Waals surface area contributed by atoms with E-state index in [4.69, 9.17) is 5.11 Å². The summed E-state index contributed by atoms with van der Waals surface area (Å²) in [6.07, 6.45) is 0.379. The van der Waals surface area contributed by atoms with Crippen molar-refractivity contribution in [3.63, 3.8) is 0 Å². The maximum Gasteiger partial charge on any atom is 0.334 e. The number of carboxylic acid groups (broad SMARTS) is 1. The van der Waals surface area contributed by atoms with Gasteiger partial charge in [-0.05, 0) is 18.6 Å². The molecule has 0 bridgehead atoms. The first kappa shape index (κ1) is 8.96. The molecule has 4 nitrogen and oxygen atoms in total. The fourth-order valence-corrected chi connectivity index (χ4v) is 1.04. The van der Waals surface area contributed by atoms with E-state index in [9.17, 15) is 15.0 Å². The molecular formula is C8H10O4. The van der Waals surface area contributed by atoms with E-state index in [0.29, 0.717) is 5.57 Å². The lowest BCUT2D eigenvalue weighted by Gasteiger charge is -2.22. The highest BCUT2D eigenvalue weighted by atomic mass is 16.4. The number of aliphatic carboxylic acids is 1. The Kier molecular flexibility index (Phi) is 2.30. The largest absolute Gasteiger partial charge is 0.478 e. The average Bonchev–Trinajstić information content (AvgIpc) is 2.00. The normalized spacial score (nSPS) is 29.2. The van der Waals surface area contributed by atoms with Crippen LogP contribution in [0.5, 0.6) is 0 Å². The molecule has 0 aromatic carbocycles. The molecule has 0 saturated heterocycles. The highest BCUT2D eigenvalue weighted by Crippen LogP contribution is 2.19. The molecule has 0 aromatic heterocycles. The highest BCUT2D eigenvalue weighted by molar-refractivity contribution is 5.88. The zero-order valence-corrected chi connectivity index (χ0v) is 6.56. The van der Waals surface area contributed by atoms with E-state index in [1.54, 1.807) is 6.92 Å². The smallest absolute Gasteiger partial charge is 0.334 e. The number of hydrogen-bond donors (Lipinski definition) is 3. The van der Waals surface area contributed by atoms with Gasteiger partial charge >= 0.3 is 5.97 Å². The molecule has 4 heteroatoms. The minimum absolute atomic E-state index is 0.173. The molecule has 0 heterocycles. The van der Waals surface area contributed by atoms with Crippen LogP contribution in [-0.2, 0) is 4.79 Å². The third-order valence-electron chi connectivity index (χ3n) is 1.86. The van der Waals surface area contributed by atoms with Crippen molar-refractivity contribution < 1.29 is 20.1 Å². The summed E-state index contributed by atoms with van der Waals surface area (Å²) in [6.45, 7) is 1.63. The summed E-state index contributed by atoms with van der Waals surface area (Å²) >= 11 is 0. The summed E-state index contributed by atoms with van der Waals surface area (Å²) in [4.78, 5) is 10.4. The van der Waals surface area contributed by atoms with E-state index >= 15 is 0 Å². The van der Waals surface area contributed by atoms with Gasteiger partial charge in [0.1, 0.15) is 12.2 Å². The van der Waals surface area contributed by atoms with Crippen LogP contribution in [0.3, 0.4) is 0 Å². The Balaban J connectivity index is 2.97. The molecule has 0 amide bonds. The summed E-state index contributed by atoms with van der Waals surface area (Å²) < 4.78 is 0.